The lowest BCUT2D eigenvalue weighted by molar-refractivity contribution is 0.0591. The molecule has 0 spiro atoms. The van der Waals surface area contributed by atoms with E-state index in [0.717, 1.165) is 0 Å². The summed E-state index contributed by atoms with van der Waals surface area (Å²) in [5.74, 6) is -0.417. The fraction of sp³-hybridized carbons (Fsp3) is 0.455. The molecule has 0 bridgehead atoms. The summed E-state index contributed by atoms with van der Waals surface area (Å²) < 4.78 is 9.91. The largest absolute Gasteiger partial charge is 0.465 e. The molecule has 1 N–H and O–H groups in total. The number of carbonyl (C=O) groups is 2. The van der Waals surface area contributed by atoms with Crippen LogP contribution in [-0.4, -0.2) is 24.7 Å². The predicted molar refractivity (Wildman–Crippen MR) is 62.1 cm³/mol. The first-order chi connectivity index (χ1) is 7.95. The summed E-state index contributed by atoms with van der Waals surface area (Å²) in [7, 11) is 1.33. The van der Waals surface area contributed by atoms with Crippen LogP contribution in [0.5, 0.6) is 0 Å². The van der Waals surface area contributed by atoms with Gasteiger partial charge in [-0.25, -0.2) is 9.59 Å². The van der Waals surface area contributed by atoms with E-state index >= 15 is 0 Å². The van der Waals surface area contributed by atoms with Crippen molar-refractivity contribution in [1.29, 1.82) is 0 Å². The Morgan fingerprint density at radius 2 is 2.29 bits per heavy atom. The third-order valence-electron chi connectivity index (χ3n) is 2.64. The van der Waals surface area contributed by atoms with Crippen molar-refractivity contribution in [3.63, 3.8) is 0 Å². The quantitative estimate of drug-likeness (QED) is 0.822. The fourth-order valence-corrected chi connectivity index (χ4v) is 2.89. The van der Waals surface area contributed by atoms with Gasteiger partial charge in [0.1, 0.15) is 0 Å². The van der Waals surface area contributed by atoms with Crippen molar-refractivity contribution in [1.82, 2.24) is 5.32 Å². The van der Waals surface area contributed by atoms with Gasteiger partial charge in [0.05, 0.1) is 23.1 Å². The normalized spacial score (nSPS) is 21.8. The minimum absolute atomic E-state index is 0.417. The third-order valence-corrected chi connectivity index (χ3v) is 3.60. The van der Waals surface area contributed by atoms with Crippen molar-refractivity contribution in [2.24, 2.45) is 0 Å². The second kappa shape index (κ2) is 4.03. The van der Waals surface area contributed by atoms with Gasteiger partial charge in [0.25, 0.3) is 0 Å². The molecule has 0 aliphatic carbocycles. The van der Waals surface area contributed by atoms with E-state index < -0.39 is 23.7 Å². The van der Waals surface area contributed by atoms with Crippen LogP contribution < -0.4 is 5.32 Å². The topological polar surface area (TPSA) is 64.6 Å². The van der Waals surface area contributed by atoms with E-state index in [1.165, 1.54) is 18.4 Å². The molecule has 1 unspecified atom stereocenters. The summed E-state index contributed by atoms with van der Waals surface area (Å²) in [5, 5.41) is 4.49. The number of rotatable bonds is 2. The van der Waals surface area contributed by atoms with Crippen LogP contribution in [0.15, 0.2) is 11.4 Å². The molecule has 0 aromatic carbocycles. The number of alkyl carbamates (subject to hydrolysis) is 1. The first-order valence-corrected chi connectivity index (χ1v) is 5.98. The zero-order chi connectivity index (χ0) is 12.6. The molecule has 6 heteroatoms. The molecule has 2 heterocycles. The average Bonchev–Trinajstić information content (AvgIpc) is 2.80. The highest BCUT2D eigenvalue weighted by Gasteiger charge is 2.44. The minimum atomic E-state index is -0.537. The van der Waals surface area contributed by atoms with Crippen molar-refractivity contribution in [2.75, 3.05) is 7.11 Å². The molecule has 17 heavy (non-hydrogen) atoms. The number of amides is 1. The molecule has 0 saturated carbocycles. The predicted octanol–water partition coefficient (Wildman–Crippen LogP) is 2.09. The summed E-state index contributed by atoms with van der Waals surface area (Å²) >= 11 is 1.38. The number of thiophene rings is 1. The molecule has 1 amide bonds. The van der Waals surface area contributed by atoms with Crippen molar-refractivity contribution >= 4 is 23.4 Å². The fourth-order valence-electron chi connectivity index (χ4n) is 1.80. The Balaban J connectivity index is 2.38. The molecule has 5 nitrogen and oxygen atoms in total. The Morgan fingerprint density at radius 3 is 2.82 bits per heavy atom. The number of hydrogen-bond donors (Lipinski definition) is 1. The van der Waals surface area contributed by atoms with E-state index in [4.69, 9.17) is 9.47 Å². The Kier molecular flexibility index (Phi) is 2.82. The Labute approximate surface area is 103 Å². The SMILES string of the molecule is COC(=O)c1ccsc1C1OC(=O)NC1(C)C. The number of ether oxygens (including phenoxy) is 2. The van der Waals surface area contributed by atoms with Crippen LogP contribution in [0.25, 0.3) is 0 Å². The molecule has 1 fully saturated rings. The molecule has 92 valence electrons. The lowest BCUT2D eigenvalue weighted by Gasteiger charge is -2.23. The Bertz CT molecular complexity index is 466. The molecule has 1 saturated heterocycles. The van der Waals surface area contributed by atoms with Gasteiger partial charge >= 0.3 is 12.1 Å². The number of nitrogens with one attached hydrogen (secondary N) is 1. The number of carbonyl (C=O) groups excluding carboxylic acids is 2. The smallest absolute Gasteiger partial charge is 0.408 e. The van der Waals surface area contributed by atoms with Crippen LogP contribution in [0.1, 0.15) is 35.2 Å². The van der Waals surface area contributed by atoms with Crippen LogP contribution in [0, 0.1) is 0 Å². The van der Waals surface area contributed by atoms with E-state index in [2.05, 4.69) is 5.32 Å². The zero-order valence-corrected chi connectivity index (χ0v) is 10.6. The summed E-state index contributed by atoms with van der Waals surface area (Å²) in [6.45, 7) is 3.70. The van der Waals surface area contributed by atoms with Crippen LogP contribution in [0.3, 0.4) is 0 Å². The van der Waals surface area contributed by atoms with Gasteiger partial charge in [-0.05, 0) is 25.3 Å². The molecule has 1 aliphatic heterocycles. The number of methoxy groups -OCH3 is 1. The van der Waals surface area contributed by atoms with Gasteiger partial charge in [0.15, 0.2) is 6.10 Å². The van der Waals surface area contributed by atoms with Gasteiger partial charge in [-0.15, -0.1) is 11.3 Å². The second-order valence-electron chi connectivity index (χ2n) is 4.32. The van der Waals surface area contributed by atoms with Crippen molar-refractivity contribution in [2.45, 2.75) is 25.5 Å². The van der Waals surface area contributed by atoms with Gasteiger partial charge in [-0.1, -0.05) is 0 Å². The summed E-state index contributed by atoms with van der Waals surface area (Å²) in [6.07, 6.45) is -0.937. The van der Waals surface area contributed by atoms with Gasteiger partial charge in [-0.3, -0.25) is 0 Å². The average molecular weight is 255 g/mol. The Hall–Kier alpha value is -1.56. The van der Waals surface area contributed by atoms with Crippen LogP contribution >= 0.6 is 11.3 Å². The summed E-state index contributed by atoms with van der Waals surface area (Å²) in [6, 6.07) is 1.67. The highest BCUT2D eigenvalue weighted by atomic mass is 32.1. The van der Waals surface area contributed by atoms with Crippen LogP contribution in [-0.2, 0) is 9.47 Å². The van der Waals surface area contributed by atoms with Gasteiger partial charge in [0, 0.05) is 0 Å². The molecule has 1 atom stereocenters. The third kappa shape index (κ3) is 2.00. The van der Waals surface area contributed by atoms with Crippen LogP contribution in [0.2, 0.25) is 0 Å². The first-order valence-electron chi connectivity index (χ1n) is 5.10. The van der Waals surface area contributed by atoms with E-state index in [-0.39, 0.29) is 0 Å². The highest BCUT2D eigenvalue weighted by molar-refractivity contribution is 7.10. The van der Waals surface area contributed by atoms with Crippen molar-refractivity contribution in [3.05, 3.63) is 21.9 Å². The van der Waals surface area contributed by atoms with E-state index in [9.17, 15) is 9.59 Å². The number of esters is 1. The minimum Gasteiger partial charge on any atom is -0.465 e. The highest BCUT2D eigenvalue weighted by Crippen LogP contribution is 2.38. The zero-order valence-electron chi connectivity index (χ0n) is 9.77. The van der Waals surface area contributed by atoms with E-state index in [1.54, 1.807) is 11.4 Å². The molecule has 2 rings (SSSR count). The molecule has 1 aliphatic rings. The molecule has 0 radical (unpaired) electrons. The molecule has 1 aromatic heterocycles. The summed E-state index contributed by atoms with van der Waals surface area (Å²) in [5.41, 5.74) is -0.0860. The maximum Gasteiger partial charge on any atom is 0.408 e. The molecular weight excluding hydrogens is 242 g/mol. The first kappa shape index (κ1) is 11.9. The van der Waals surface area contributed by atoms with Crippen LogP contribution in [0.4, 0.5) is 4.79 Å². The lowest BCUT2D eigenvalue weighted by Crippen LogP contribution is -2.38. The van der Waals surface area contributed by atoms with E-state index in [0.29, 0.717) is 10.4 Å². The number of hydrogen-bond acceptors (Lipinski definition) is 5. The number of cyclic esters (lactones) is 1. The lowest BCUT2D eigenvalue weighted by atomic mass is 9.95. The van der Waals surface area contributed by atoms with Gasteiger partial charge in [0.2, 0.25) is 0 Å². The second-order valence-corrected chi connectivity index (χ2v) is 5.27. The molecule has 1 aromatic rings. The monoisotopic (exact) mass is 255 g/mol. The maximum atomic E-state index is 11.6. The van der Waals surface area contributed by atoms with Crippen molar-refractivity contribution < 1.29 is 19.1 Å². The van der Waals surface area contributed by atoms with Gasteiger partial charge < -0.3 is 14.8 Å². The van der Waals surface area contributed by atoms with Crippen molar-refractivity contribution in [3.8, 4) is 0 Å². The molecular formula is C11H13NO4S. The summed E-state index contributed by atoms with van der Waals surface area (Å²) in [4.78, 5) is 23.5. The Morgan fingerprint density at radius 1 is 1.59 bits per heavy atom. The standard InChI is InChI=1S/C11H13NO4S/c1-11(2)8(16-10(14)12-11)7-6(4-5-17-7)9(13)15-3/h4-5,8H,1-3H3,(H,12,14). The maximum absolute atomic E-state index is 11.6. The van der Waals surface area contributed by atoms with E-state index in [1.807, 2.05) is 13.8 Å². The van der Waals surface area contributed by atoms with Gasteiger partial charge in [-0.2, -0.15) is 0 Å².